The average Bonchev–Trinajstić information content (AvgIpc) is 3.17. The van der Waals surface area contributed by atoms with Crippen molar-refractivity contribution in [2.45, 2.75) is 213 Å². The molecule has 0 aliphatic rings. The maximum atomic E-state index is 12.7. The van der Waals surface area contributed by atoms with Crippen molar-refractivity contribution >= 4 is 17.9 Å². The fourth-order valence-corrected chi connectivity index (χ4v) is 5.90. The summed E-state index contributed by atoms with van der Waals surface area (Å²) in [4.78, 5) is 37.5. The minimum absolute atomic E-state index is 0.0839. The molecule has 0 bridgehead atoms. The second-order valence-corrected chi connectivity index (χ2v) is 14.6. The Hall–Kier alpha value is -2.89. The van der Waals surface area contributed by atoms with E-state index in [2.05, 4.69) is 81.5 Å². The molecule has 0 saturated carbocycles. The molecule has 1 unspecified atom stereocenters. The van der Waals surface area contributed by atoms with Gasteiger partial charge in [0.25, 0.3) is 0 Å². The lowest BCUT2D eigenvalue weighted by Gasteiger charge is -2.18. The van der Waals surface area contributed by atoms with Gasteiger partial charge in [-0.05, 0) is 77.0 Å². The maximum Gasteiger partial charge on any atom is 0.306 e. The van der Waals surface area contributed by atoms with Gasteiger partial charge in [-0.25, -0.2) is 0 Å². The Balaban J connectivity index is 4.30. The molecule has 1 atom stereocenters. The highest BCUT2D eigenvalue weighted by molar-refractivity contribution is 5.71. The van der Waals surface area contributed by atoms with E-state index in [1.165, 1.54) is 51.4 Å². The average molecular weight is 755 g/mol. The Morgan fingerprint density at radius 1 is 0.389 bits per heavy atom. The first-order chi connectivity index (χ1) is 26.5. The van der Waals surface area contributed by atoms with Crippen molar-refractivity contribution < 1.29 is 28.6 Å². The predicted octanol–water partition coefficient (Wildman–Crippen LogP) is 14.1. The van der Waals surface area contributed by atoms with Crippen LogP contribution in [0.25, 0.3) is 0 Å². The first-order valence-electron chi connectivity index (χ1n) is 22.3. The number of hydrogen-bond acceptors (Lipinski definition) is 6. The van der Waals surface area contributed by atoms with Gasteiger partial charge in [-0.3, -0.25) is 14.4 Å². The first kappa shape index (κ1) is 51.1. The van der Waals surface area contributed by atoms with Crippen molar-refractivity contribution in [1.82, 2.24) is 0 Å². The zero-order valence-corrected chi connectivity index (χ0v) is 35.2. The number of esters is 3. The summed E-state index contributed by atoms with van der Waals surface area (Å²) in [6.07, 6.45) is 50.8. The molecule has 0 aliphatic heterocycles. The lowest BCUT2D eigenvalue weighted by molar-refractivity contribution is -0.167. The van der Waals surface area contributed by atoms with E-state index in [4.69, 9.17) is 14.2 Å². The Morgan fingerprint density at radius 3 is 1.20 bits per heavy atom. The van der Waals surface area contributed by atoms with E-state index in [1.807, 2.05) is 0 Å². The van der Waals surface area contributed by atoms with Crippen LogP contribution in [0.1, 0.15) is 207 Å². The summed E-state index contributed by atoms with van der Waals surface area (Å²) >= 11 is 0. The minimum Gasteiger partial charge on any atom is -0.462 e. The molecule has 0 radical (unpaired) electrons. The monoisotopic (exact) mass is 755 g/mol. The Kier molecular flexibility index (Phi) is 40.6. The van der Waals surface area contributed by atoms with Gasteiger partial charge >= 0.3 is 17.9 Å². The van der Waals surface area contributed by atoms with Gasteiger partial charge in [0.1, 0.15) is 13.2 Å². The fourth-order valence-electron chi connectivity index (χ4n) is 5.90. The second kappa shape index (κ2) is 42.8. The number of ether oxygens (including phenoxy) is 3. The van der Waals surface area contributed by atoms with Crippen molar-refractivity contribution in [2.75, 3.05) is 13.2 Å². The number of rotatable bonds is 39. The van der Waals surface area contributed by atoms with E-state index in [1.54, 1.807) is 0 Å². The molecule has 0 rings (SSSR count). The molecule has 0 fully saturated rings. The van der Waals surface area contributed by atoms with E-state index in [-0.39, 0.29) is 31.1 Å². The standard InChI is InChI=1S/C48H82O6/c1-4-7-10-13-16-18-20-22-23-24-25-27-28-30-32-35-38-41-47(50)53-44-45(43-52-46(49)40-37-34-15-12-9-6-3)54-48(51)42-39-36-33-31-29-26-21-19-17-14-11-8-5-2/h7,10-11,14,16,18-19,21-23,45H,4-6,8-9,12-13,15,17,20,24-44H2,1-3H3/b10-7-,14-11-,18-16-,21-19-,23-22-. The maximum absolute atomic E-state index is 12.7. The molecule has 54 heavy (non-hydrogen) atoms. The van der Waals surface area contributed by atoms with Gasteiger partial charge in [0.2, 0.25) is 0 Å². The molecule has 0 aromatic heterocycles. The molecule has 6 nitrogen and oxygen atoms in total. The van der Waals surface area contributed by atoms with Gasteiger partial charge in [-0.2, -0.15) is 0 Å². The van der Waals surface area contributed by atoms with Crippen LogP contribution in [-0.4, -0.2) is 37.2 Å². The van der Waals surface area contributed by atoms with Crippen LogP contribution in [0.3, 0.4) is 0 Å². The molecule has 6 heteroatoms. The SMILES string of the molecule is CC/C=C\C/C=C\C/C=C\CCCCCCCCCC(=O)OCC(COC(=O)CCCCCCCC)OC(=O)CCCCCCC/C=C\C/C=C\CCC. The van der Waals surface area contributed by atoms with Crippen molar-refractivity contribution in [1.29, 1.82) is 0 Å². The number of carbonyl (C=O) groups excluding carboxylic acids is 3. The van der Waals surface area contributed by atoms with Gasteiger partial charge in [-0.15, -0.1) is 0 Å². The number of hydrogen-bond donors (Lipinski definition) is 0. The Labute approximate surface area is 332 Å². The zero-order valence-electron chi connectivity index (χ0n) is 35.2. The lowest BCUT2D eigenvalue weighted by Crippen LogP contribution is -2.30. The van der Waals surface area contributed by atoms with Gasteiger partial charge in [-0.1, -0.05) is 171 Å². The van der Waals surface area contributed by atoms with Crippen LogP contribution in [0.2, 0.25) is 0 Å². The smallest absolute Gasteiger partial charge is 0.306 e. The van der Waals surface area contributed by atoms with E-state index < -0.39 is 6.10 Å². The summed E-state index contributed by atoms with van der Waals surface area (Å²) in [5, 5.41) is 0. The van der Waals surface area contributed by atoms with Crippen LogP contribution in [-0.2, 0) is 28.6 Å². The van der Waals surface area contributed by atoms with E-state index >= 15 is 0 Å². The van der Waals surface area contributed by atoms with Crippen molar-refractivity contribution in [2.24, 2.45) is 0 Å². The fraction of sp³-hybridized carbons (Fsp3) is 0.729. The third kappa shape index (κ3) is 40.3. The van der Waals surface area contributed by atoms with Gasteiger partial charge in [0.15, 0.2) is 6.10 Å². The van der Waals surface area contributed by atoms with Crippen LogP contribution < -0.4 is 0 Å². The predicted molar refractivity (Wildman–Crippen MR) is 228 cm³/mol. The van der Waals surface area contributed by atoms with Crippen molar-refractivity contribution in [3.63, 3.8) is 0 Å². The Morgan fingerprint density at radius 2 is 0.759 bits per heavy atom. The van der Waals surface area contributed by atoms with E-state index in [0.29, 0.717) is 19.3 Å². The molecule has 0 N–H and O–H groups in total. The van der Waals surface area contributed by atoms with Crippen LogP contribution in [0.15, 0.2) is 60.8 Å². The number of unbranched alkanes of at least 4 members (excludes halogenated alkanes) is 18. The van der Waals surface area contributed by atoms with Crippen molar-refractivity contribution in [3.8, 4) is 0 Å². The summed E-state index contributed by atoms with van der Waals surface area (Å²) < 4.78 is 16.6. The molecule has 0 aromatic rings. The molecule has 0 heterocycles. The normalized spacial score (nSPS) is 12.6. The second-order valence-electron chi connectivity index (χ2n) is 14.6. The zero-order chi connectivity index (χ0) is 39.4. The summed E-state index contributed by atoms with van der Waals surface area (Å²) in [5.41, 5.74) is 0. The van der Waals surface area contributed by atoms with Crippen LogP contribution >= 0.6 is 0 Å². The Bertz CT molecular complexity index is 1010. The first-order valence-corrected chi connectivity index (χ1v) is 22.3. The number of allylic oxidation sites excluding steroid dienone is 10. The summed E-state index contributed by atoms with van der Waals surface area (Å²) in [6.45, 7) is 6.36. The lowest BCUT2D eigenvalue weighted by atomic mass is 10.1. The van der Waals surface area contributed by atoms with Crippen LogP contribution in [0.4, 0.5) is 0 Å². The van der Waals surface area contributed by atoms with Gasteiger partial charge in [0, 0.05) is 19.3 Å². The van der Waals surface area contributed by atoms with Crippen LogP contribution in [0.5, 0.6) is 0 Å². The molecular formula is C48H82O6. The molecule has 310 valence electrons. The highest BCUT2D eigenvalue weighted by atomic mass is 16.6. The minimum atomic E-state index is -0.780. The summed E-state index contributed by atoms with van der Waals surface area (Å²) in [5.74, 6) is -0.922. The van der Waals surface area contributed by atoms with Gasteiger partial charge in [0.05, 0.1) is 0 Å². The quantitative estimate of drug-likeness (QED) is 0.0269. The molecule has 0 amide bonds. The van der Waals surface area contributed by atoms with Gasteiger partial charge < -0.3 is 14.2 Å². The molecule has 0 spiro atoms. The van der Waals surface area contributed by atoms with E-state index in [0.717, 1.165) is 116 Å². The summed E-state index contributed by atoms with van der Waals surface area (Å²) in [6, 6.07) is 0. The third-order valence-electron chi connectivity index (χ3n) is 9.24. The molecule has 0 saturated heterocycles. The van der Waals surface area contributed by atoms with Crippen molar-refractivity contribution in [3.05, 3.63) is 60.8 Å². The third-order valence-corrected chi connectivity index (χ3v) is 9.24. The highest BCUT2D eigenvalue weighted by Gasteiger charge is 2.19. The topological polar surface area (TPSA) is 78.9 Å². The van der Waals surface area contributed by atoms with Crippen LogP contribution in [0, 0.1) is 0 Å². The number of carbonyl (C=O) groups is 3. The largest absolute Gasteiger partial charge is 0.462 e. The molecular weight excluding hydrogens is 673 g/mol. The van der Waals surface area contributed by atoms with E-state index in [9.17, 15) is 14.4 Å². The molecule has 0 aromatic carbocycles. The molecule has 0 aliphatic carbocycles. The highest BCUT2D eigenvalue weighted by Crippen LogP contribution is 2.13. The summed E-state index contributed by atoms with van der Waals surface area (Å²) in [7, 11) is 0.